The van der Waals surface area contributed by atoms with Crippen LogP contribution in [0, 0.1) is 0 Å². The average Bonchev–Trinajstić information content (AvgIpc) is 3.03. The van der Waals surface area contributed by atoms with Crippen LogP contribution in [0.5, 0.6) is 0 Å². The molecule has 1 N–H and O–H groups in total. The van der Waals surface area contributed by atoms with Crippen LogP contribution in [-0.4, -0.2) is 34.8 Å². The number of aromatic nitrogens is 3. The summed E-state index contributed by atoms with van der Waals surface area (Å²) < 4.78 is 1.61. The van der Waals surface area contributed by atoms with Gasteiger partial charge in [-0.15, -0.1) is 5.10 Å². The number of anilines is 2. The first-order valence-corrected chi connectivity index (χ1v) is 7.68. The first-order valence-electron chi connectivity index (χ1n) is 7.30. The van der Waals surface area contributed by atoms with E-state index >= 15 is 0 Å². The van der Waals surface area contributed by atoms with Gasteiger partial charge < -0.3 is 10.2 Å². The van der Waals surface area contributed by atoms with E-state index in [2.05, 4.69) is 15.4 Å². The minimum absolute atomic E-state index is 0.317. The molecule has 0 bridgehead atoms. The van der Waals surface area contributed by atoms with Crippen molar-refractivity contribution < 1.29 is 4.79 Å². The van der Waals surface area contributed by atoms with Crippen LogP contribution >= 0.6 is 11.6 Å². The molecule has 0 saturated carbocycles. The van der Waals surface area contributed by atoms with Crippen molar-refractivity contribution in [1.82, 2.24) is 14.8 Å². The number of amides is 1. The predicted octanol–water partition coefficient (Wildman–Crippen LogP) is 3.24. The monoisotopic (exact) mass is 341 g/mol. The SMILES string of the molecule is CN(C)c1ccnc(C(=O)Nc2ccn(-c3ccccc3Cl)n2)c1. The van der Waals surface area contributed by atoms with Gasteiger partial charge in [0.2, 0.25) is 0 Å². The summed E-state index contributed by atoms with van der Waals surface area (Å²) in [5, 5.41) is 7.65. The van der Waals surface area contributed by atoms with Crippen molar-refractivity contribution in [2.75, 3.05) is 24.3 Å². The molecular formula is C17H16ClN5O. The molecule has 0 atom stereocenters. The molecule has 0 aliphatic carbocycles. The summed E-state index contributed by atoms with van der Waals surface area (Å²) >= 11 is 6.15. The molecule has 1 amide bonds. The Bertz CT molecular complexity index is 875. The molecule has 122 valence electrons. The number of benzene rings is 1. The molecule has 1 aromatic carbocycles. The Morgan fingerprint density at radius 2 is 2.00 bits per heavy atom. The van der Waals surface area contributed by atoms with Gasteiger partial charge in [0.1, 0.15) is 5.69 Å². The zero-order valence-electron chi connectivity index (χ0n) is 13.3. The van der Waals surface area contributed by atoms with Crippen molar-refractivity contribution >= 4 is 29.0 Å². The van der Waals surface area contributed by atoms with E-state index in [0.717, 1.165) is 11.4 Å². The van der Waals surface area contributed by atoms with E-state index in [9.17, 15) is 4.79 Å². The van der Waals surface area contributed by atoms with Gasteiger partial charge in [0.15, 0.2) is 5.82 Å². The first-order chi connectivity index (χ1) is 11.5. The lowest BCUT2D eigenvalue weighted by atomic mass is 10.3. The number of hydrogen-bond donors (Lipinski definition) is 1. The van der Waals surface area contributed by atoms with Crippen LogP contribution in [0.4, 0.5) is 11.5 Å². The average molecular weight is 342 g/mol. The molecule has 7 heteroatoms. The Balaban J connectivity index is 1.79. The third kappa shape index (κ3) is 3.38. The van der Waals surface area contributed by atoms with E-state index in [4.69, 9.17) is 11.6 Å². The van der Waals surface area contributed by atoms with Crippen molar-refractivity contribution in [2.24, 2.45) is 0 Å². The fraction of sp³-hybridized carbons (Fsp3) is 0.118. The van der Waals surface area contributed by atoms with Crippen LogP contribution in [0.3, 0.4) is 0 Å². The van der Waals surface area contributed by atoms with Gasteiger partial charge in [-0.2, -0.15) is 0 Å². The highest BCUT2D eigenvalue weighted by atomic mass is 35.5. The van der Waals surface area contributed by atoms with Crippen molar-refractivity contribution in [3.63, 3.8) is 0 Å². The summed E-state index contributed by atoms with van der Waals surface area (Å²) in [7, 11) is 3.81. The molecule has 0 unspecified atom stereocenters. The normalized spacial score (nSPS) is 10.5. The van der Waals surface area contributed by atoms with E-state index in [1.54, 1.807) is 35.3 Å². The van der Waals surface area contributed by atoms with E-state index in [-0.39, 0.29) is 5.91 Å². The van der Waals surface area contributed by atoms with E-state index in [0.29, 0.717) is 16.5 Å². The Kier molecular flexibility index (Phi) is 4.48. The van der Waals surface area contributed by atoms with Gasteiger partial charge in [-0.1, -0.05) is 23.7 Å². The Morgan fingerprint density at radius 3 is 2.75 bits per heavy atom. The molecule has 3 aromatic rings. The Labute approximate surface area is 144 Å². The molecule has 0 aliphatic rings. The molecule has 6 nitrogen and oxygen atoms in total. The van der Waals surface area contributed by atoms with Gasteiger partial charge >= 0.3 is 0 Å². The van der Waals surface area contributed by atoms with Crippen molar-refractivity contribution in [1.29, 1.82) is 0 Å². The van der Waals surface area contributed by atoms with Gasteiger partial charge in [-0.3, -0.25) is 9.78 Å². The van der Waals surface area contributed by atoms with E-state index in [1.807, 2.05) is 43.3 Å². The van der Waals surface area contributed by atoms with E-state index in [1.165, 1.54) is 0 Å². The maximum absolute atomic E-state index is 12.3. The standard InChI is InChI=1S/C17H16ClN5O/c1-22(2)12-7-9-19-14(11-12)17(24)20-16-8-10-23(21-16)15-6-4-3-5-13(15)18/h3-11H,1-2H3,(H,20,21,24). The lowest BCUT2D eigenvalue weighted by molar-refractivity contribution is 0.102. The maximum Gasteiger partial charge on any atom is 0.275 e. The van der Waals surface area contributed by atoms with Gasteiger partial charge in [0.05, 0.1) is 10.7 Å². The Hall–Kier alpha value is -2.86. The lowest BCUT2D eigenvalue weighted by Gasteiger charge is -2.12. The van der Waals surface area contributed by atoms with Gasteiger partial charge in [0.25, 0.3) is 5.91 Å². The largest absolute Gasteiger partial charge is 0.378 e. The zero-order chi connectivity index (χ0) is 17.1. The second-order valence-corrected chi connectivity index (χ2v) is 5.75. The summed E-state index contributed by atoms with van der Waals surface area (Å²) in [6.07, 6.45) is 3.34. The number of carbonyl (C=O) groups excluding carboxylic acids is 1. The zero-order valence-corrected chi connectivity index (χ0v) is 14.0. The molecular weight excluding hydrogens is 326 g/mol. The van der Waals surface area contributed by atoms with Crippen LogP contribution in [-0.2, 0) is 0 Å². The maximum atomic E-state index is 12.3. The van der Waals surface area contributed by atoms with Gasteiger partial charge in [-0.05, 0) is 24.3 Å². The third-order valence-electron chi connectivity index (χ3n) is 3.42. The van der Waals surface area contributed by atoms with Crippen molar-refractivity contribution in [3.05, 3.63) is 65.6 Å². The summed E-state index contributed by atoms with van der Waals surface area (Å²) in [4.78, 5) is 18.3. The first kappa shape index (κ1) is 16.0. The number of rotatable bonds is 4. The molecule has 3 rings (SSSR count). The third-order valence-corrected chi connectivity index (χ3v) is 3.74. The fourth-order valence-corrected chi connectivity index (χ4v) is 2.39. The molecule has 0 saturated heterocycles. The number of halogens is 1. The smallest absolute Gasteiger partial charge is 0.275 e. The van der Waals surface area contributed by atoms with Crippen molar-refractivity contribution in [3.8, 4) is 5.69 Å². The quantitative estimate of drug-likeness (QED) is 0.791. The number of pyridine rings is 1. The number of nitrogens with zero attached hydrogens (tertiary/aromatic N) is 4. The molecule has 0 fully saturated rings. The topological polar surface area (TPSA) is 63.1 Å². The number of hydrogen-bond acceptors (Lipinski definition) is 4. The van der Waals surface area contributed by atoms with Gasteiger partial charge in [-0.25, -0.2) is 4.68 Å². The predicted molar refractivity (Wildman–Crippen MR) is 95.1 cm³/mol. The molecule has 2 aromatic heterocycles. The number of para-hydroxylation sites is 1. The van der Waals surface area contributed by atoms with Crippen LogP contribution in [0.25, 0.3) is 5.69 Å². The molecule has 0 spiro atoms. The molecule has 24 heavy (non-hydrogen) atoms. The highest BCUT2D eigenvalue weighted by Crippen LogP contribution is 2.20. The highest BCUT2D eigenvalue weighted by Gasteiger charge is 2.11. The van der Waals surface area contributed by atoms with Gasteiger partial charge in [0, 0.05) is 38.2 Å². The summed E-state index contributed by atoms with van der Waals surface area (Å²) in [6.45, 7) is 0. The second kappa shape index (κ2) is 6.72. The number of carbonyl (C=O) groups is 1. The molecule has 2 heterocycles. The Morgan fingerprint density at radius 1 is 1.21 bits per heavy atom. The minimum Gasteiger partial charge on any atom is -0.378 e. The molecule has 0 radical (unpaired) electrons. The molecule has 0 aliphatic heterocycles. The second-order valence-electron chi connectivity index (χ2n) is 5.34. The van der Waals surface area contributed by atoms with Crippen LogP contribution in [0.1, 0.15) is 10.5 Å². The highest BCUT2D eigenvalue weighted by molar-refractivity contribution is 6.32. The summed E-state index contributed by atoms with van der Waals surface area (Å²) in [5.41, 5.74) is 1.97. The summed E-state index contributed by atoms with van der Waals surface area (Å²) in [5.74, 6) is 0.111. The number of nitrogens with one attached hydrogen (secondary N) is 1. The van der Waals surface area contributed by atoms with Crippen LogP contribution in [0.15, 0.2) is 54.9 Å². The minimum atomic E-state index is -0.317. The van der Waals surface area contributed by atoms with Crippen LogP contribution in [0.2, 0.25) is 5.02 Å². The summed E-state index contributed by atoms with van der Waals surface area (Å²) in [6, 6.07) is 12.6. The van der Waals surface area contributed by atoms with Crippen molar-refractivity contribution in [2.45, 2.75) is 0 Å². The lowest BCUT2D eigenvalue weighted by Crippen LogP contribution is -2.16. The van der Waals surface area contributed by atoms with E-state index < -0.39 is 0 Å². The fourth-order valence-electron chi connectivity index (χ4n) is 2.16. The van der Waals surface area contributed by atoms with Crippen LogP contribution < -0.4 is 10.2 Å².